The zero-order chi connectivity index (χ0) is 13.0. The molecule has 2 atom stereocenters. The van der Waals surface area contributed by atoms with E-state index in [2.05, 4.69) is 15.2 Å². The summed E-state index contributed by atoms with van der Waals surface area (Å²) in [6, 6.07) is 5.88. The number of hydrogen-bond acceptors (Lipinski definition) is 4. The molecule has 1 fully saturated rings. The predicted molar refractivity (Wildman–Crippen MR) is 67.7 cm³/mol. The number of nitrogens with zero attached hydrogens (tertiary/aromatic N) is 2. The van der Waals surface area contributed by atoms with Crippen molar-refractivity contribution < 1.29 is 9.90 Å². The molecule has 1 saturated heterocycles. The lowest BCUT2D eigenvalue weighted by Gasteiger charge is -2.16. The van der Waals surface area contributed by atoms with Gasteiger partial charge in [0, 0.05) is 51.3 Å². The molecule has 0 aromatic carbocycles. The maximum Gasteiger partial charge on any atom is 0.217 e. The fourth-order valence-electron chi connectivity index (χ4n) is 2.42. The number of nitrogens with one attached hydrogen (secondary N) is 1. The first kappa shape index (κ1) is 13.0. The van der Waals surface area contributed by atoms with E-state index in [0.717, 1.165) is 25.3 Å². The standard InChI is InChI=1S/C13H19N3O2/c1-10(18)15-13-8-16(6-11(13)9-17)7-12-4-2-3-5-14-12/h2-5,11,13,17H,6-9H2,1H3,(H,15,18)/t11-,13+/m0/s1. The zero-order valence-corrected chi connectivity index (χ0v) is 10.5. The molecule has 2 rings (SSSR count). The molecule has 1 amide bonds. The van der Waals surface area contributed by atoms with Crippen molar-refractivity contribution in [3.8, 4) is 0 Å². The maximum atomic E-state index is 11.1. The Balaban J connectivity index is 1.94. The second-order valence-corrected chi connectivity index (χ2v) is 4.76. The van der Waals surface area contributed by atoms with Crippen molar-refractivity contribution in [2.45, 2.75) is 19.5 Å². The first-order chi connectivity index (χ1) is 8.69. The van der Waals surface area contributed by atoms with E-state index < -0.39 is 0 Å². The molecule has 0 unspecified atom stereocenters. The Labute approximate surface area is 107 Å². The molecule has 0 spiro atoms. The van der Waals surface area contributed by atoms with Crippen LogP contribution in [0.15, 0.2) is 24.4 Å². The Morgan fingerprint density at radius 2 is 2.39 bits per heavy atom. The number of amides is 1. The third-order valence-corrected chi connectivity index (χ3v) is 3.25. The smallest absolute Gasteiger partial charge is 0.217 e. The van der Waals surface area contributed by atoms with Gasteiger partial charge in [-0.2, -0.15) is 0 Å². The van der Waals surface area contributed by atoms with E-state index in [0.29, 0.717) is 0 Å². The minimum absolute atomic E-state index is 0.0382. The average Bonchev–Trinajstić information content (AvgIpc) is 2.71. The Kier molecular flexibility index (Phi) is 4.28. The van der Waals surface area contributed by atoms with Gasteiger partial charge in [-0.3, -0.25) is 14.7 Å². The average molecular weight is 249 g/mol. The molecule has 5 nitrogen and oxygen atoms in total. The van der Waals surface area contributed by atoms with Crippen LogP contribution in [0, 0.1) is 5.92 Å². The van der Waals surface area contributed by atoms with Crippen molar-refractivity contribution in [1.29, 1.82) is 0 Å². The topological polar surface area (TPSA) is 65.5 Å². The summed E-state index contributed by atoms with van der Waals surface area (Å²) in [5.41, 5.74) is 1.01. The summed E-state index contributed by atoms with van der Waals surface area (Å²) in [6.07, 6.45) is 1.78. The molecule has 2 N–H and O–H groups in total. The largest absolute Gasteiger partial charge is 0.396 e. The first-order valence-corrected chi connectivity index (χ1v) is 6.19. The minimum Gasteiger partial charge on any atom is -0.396 e. The van der Waals surface area contributed by atoms with Crippen molar-refractivity contribution in [1.82, 2.24) is 15.2 Å². The van der Waals surface area contributed by atoms with Crippen LogP contribution in [0.2, 0.25) is 0 Å². The molecule has 5 heteroatoms. The Hall–Kier alpha value is -1.46. The van der Waals surface area contributed by atoms with Crippen LogP contribution in [0.25, 0.3) is 0 Å². The maximum absolute atomic E-state index is 11.1. The van der Waals surface area contributed by atoms with Crippen LogP contribution in [0.1, 0.15) is 12.6 Å². The summed E-state index contributed by atoms with van der Waals surface area (Å²) in [5, 5.41) is 12.2. The summed E-state index contributed by atoms with van der Waals surface area (Å²) in [6.45, 7) is 3.92. The SMILES string of the molecule is CC(=O)N[C@@H]1CN(Cc2ccccn2)C[C@H]1CO. The van der Waals surface area contributed by atoms with Gasteiger partial charge in [-0.15, -0.1) is 0 Å². The van der Waals surface area contributed by atoms with Gasteiger partial charge in [0.25, 0.3) is 0 Å². The van der Waals surface area contributed by atoms with E-state index >= 15 is 0 Å². The normalized spacial score (nSPS) is 24.1. The molecule has 1 aliphatic heterocycles. The van der Waals surface area contributed by atoms with Crippen molar-refractivity contribution >= 4 is 5.91 Å². The van der Waals surface area contributed by atoms with Crippen LogP contribution >= 0.6 is 0 Å². The molecular weight excluding hydrogens is 230 g/mol. The summed E-state index contributed by atoms with van der Waals surface area (Å²) < 4.78 is 0. The van der Waals surface area contributed by atoms with Gasteiger partial charge >= 0.3 is 0 Å². The Bertz CT molecular complexity index is 396. The lowest BCUT2D eigenvalue weighted by atomic mass is 10.1. The number of carbonyl (C=O) groups excluding carboxylic acids is 1. The van der Waals surface area contributed by atoms with Crippen LogP contribution < -0.4 is 5.32 Å². The monoisotopic (exact) mass is 249 g/mol. The highest BCUT2D eigenvalue weighted by atomic mass is 16.3. The van der Waals surface area contributed by atoms with E-state index in [9.17, 15) is 9.90 Å². The quantitative estimate of drug-likeness (QED) is 0.789. The summed E-state index contributed by atoms with van der Waals surface area (Å²) in [4.78, 5) is 17.6. The van der Waals surface area contributed by atoms with Crippen LogP contribution in [0.5, 0.6) is 0 Å². The van der Waals surface area contributed by atoms with Gasteiger partial charge in [0.05, 0.1) is 5.69 Å². The van der Waals surface area contributed by atoms with Crippen molar-refractivity contribution in [3.05, 3.63) is 30.1 Å². The highest BCUT2D eigenvalue weighted by Crippen LogP contribution is 2.18. The van der Waals surface area contributed by atoms with E-state index in [-0.39, 0.29) is 24.5 Å². The number of aromatic nitrogens is 1. The first-order valence-electron chi connectivity index (χ1n) is 6.19. The lowest BCUT2D eigenvalue weighted by Crippen LogP contribution is -2.40. The number of pyridine rings is 1. The van der Waals surface area contributed by atoms with E-state index in [1.165, 1.54) is 6.92 Å². The minimum atomic E-state index is -0.0434. The molecular formula is C13H19N3O2. The number of hydrogen-bond donors (Lipinski definition) is 2. The van der Waals surface area contributed by atoms with E-state index in [1.807, 2.05) is 18.2 Å². The van der Waals surface area contributed by atoms with Gasteiger partial charge in [0.1, 0.15) is 0 Å². The molecule has 98 valence electrons. The van der Waals surface area contributed by atoms with Gasteiger partial charge in [-0.25, -0.2) is 0 Å². The van der Waals surface area contributed by atoms with Gasteiger partial charge in [-0.1, -0.05) is 6.07 Å². The van der Waals surface area contributed by atoms with E-state index in [4.69, 9.17) is 0 Å². The molecule has 1 aromatic heterocycles. The summed E-state index contributed by atoms with van der Waals surface area (Å²) in [7, 11) is 0. The molecule has 2 heterocycles. The lowest BCUT2D eigenvalue weighted by molar-refractivity contribution is -0.119. The third kappa shape index (κ3) is 3.27. The van der Waals surface area contributed by atoms with Crippen LogP contribution in [0.4, 0.5) is 0 Å². The second kappa shape index (κ2) is 5.93. The molecule has 0 radical (unpaired) electrons. The molecule has 18 heavy (non-hydrogen) atoms. The van der Waals surface area contributed by atoms with Crippen molar-refractivity contribution in [2.24, 2.45) is 5.92 Å². The number of likely N-dealkylation sites (tertiary alicyclic amines) is 1. The van der Waals surface area contributed by atoms with Crippen molar-refractivity contribution in [3.63, 3.8) is 0 Å². The molecule has 0 aliphatic carbocycles. The fourth-order valence-corrected chi connectivity index (χ4v) is 2.42. The highest BCUT2D eigenvalue weighted by molar-refractivity contribution is 5.73. The fraction of sp³-hybridized carbons (Fsp3) is 0.538. The van der Waals surface area contributed by atoms with Gasteiger partial charge < -0.3 is 10.4 Å². The molecule has 1 aliphatic rings. The van der Waals surface area contributed by atoms with Gasteiger partial charge in [0.2, 0.25) is 5.91 Å². The van der Waals surface area contributed by atoms with Gasteiger partial charge in [0.15, 0.2) is 0 Å². The number of carbonyl (C=O) groups is 1. The van der Waals surface area contributed by atoms with Crippen LogP contribution in [-0.2, 0) is 11.3 Å². The number of aliphatic hydroxyl groups excluding tert-OH is 1. The van der Waals surface area contributed by atoms with Crippen LogP contribution in [-0.4, -0.2) is 46.6 Å². The summed E-state index contributed by atoms with van der Waals surface area (Å²) >= 11 is 0. The Morgan fingerprint density at radius 1 is 1.56 bits per heavy atom. The van der Waals surface area contributed by atoms with Crippen LogP contribution in [0.3, 0.4) is 0 Å². The second-order valence-electron chi connectivity index (χ2n) is 4.76. The number of aliphatic hydroxyl groups is 1. The summed E-state index contributed by atoms with van der Waals surface area (Å²) in [5.74, 6) is 0.0655. The predicted octanol–water partition coefficient (Wildman–Crippen LogP) is 0.0104. The highest BCUT2D eigenvalue weighted by Gasteiger charge is 2.32. The van der Waals surface area contributed by atoms with Crippen molar-refractivity contribution in [2.75, 3.05) is 19.7 Å². The molecule has 1 aromatic rings. The zero-order valence-electron chi connectivity index (χ0n) is 10.5. The van der Waals surface area contributed by atoms with E-state index in [1.54, 1.807) is 6.20 Å². The third-order valence-electron chi connectivity index (χ3n) is 3.25. The van der Waals surface area contributed by atoms with Gasteiger partial charge in [-0.05, 0) is 12.1 Å². The molecule has 0 saturated carbocycles. The Morgan fingerprint density at radius 3 is 3.00 bits per heavy atom. The number of rotatable bonds is 4. The molecule has 0 bridgehead atoms.